The highest BCUT2D eigenvalue weighted by atomic mass is 16.3. The zero-order valence-corrected chi connectivity index (χ0v) is 10.8. The third-order valence-electron chi connectivity index (χ3n) is 4.06. The fraction of sp³-hybridized carbons (Fsp3) is 0.600. The van der Waals surface area contributed by atoms with Crippen LogP contribution in [0.3, 0.4) is 0 Å². The van der Waals surface area contributed by atoms with Crippen molar-refractivity contribution in [3.63, 3.8) is 0 Å². The van der Waals surface area contributed by atoms with Crippen LogP contribution >= 0.6 is 0 Å². The van der Waals surface area contributed by atoms with Crippen LogP contribution < -0.4 is 5.32 Å². The number of nitrogens with one attached hydrogen (secondary N) is 1. The first-order valence-electron chi connectivity index (χ1n) is 6.68. The summed E-state index contributed by atoms with van der Waals surface area (Å²) in [7, 11) is 0. The average Bonchev–Trinajstić information content (AvgIpc) is 2.39. The van der Waals surface area contributed by atoms with Crippen LogP contribution in [0.15, 0.2) is 30.3 Å². The Morgan fingerprint density at radius 2 is 2.06 bits per heavy atom. The third kappa shape index (κ3) is 2.53. The fourth-order valence-corrected chi connectivity index (χ4v) is 2.85. The summed E-state index contributed by atoms with van der Waals surface area (Å²) in [6, 6.07) is 10.2. The van der Waals surface area contributed by atoms with E-state index in [2.05, 4.69) is 19.2 Å². The van der Waals surface area contributed by atoms with Crippen LogP contribution in [-0.4, -0.2) is 17.7 Å². The van der Waals surface area contributed by atoms with Gasteiger partial charge in [0.15, 0.2) is 0 Å². The van der Waals surface area contributed by atoms with Gasteiger partial charge in [-0.05, 0) is 37.3 Å². The van der Waals surface area contributed by atoms with Crippen molar-refractivity contribution < 1.29 is 5.11 Å². The quantitative estimate of drug-likeness (QED) is 0.841. The molecule has 1 aliphatic rings. The molecule has 1 fully saturated rings. The van der Waals surface area contributed by atoms with E-state index in [9.17, 15) is 5.11 Å². The third-order valence-corrected chi connectivity index (χ3v) is 4.06. The van der Waals surface area contributed by atoms with Gasteiger partial charge in [-0.1, -0.05) is 44.2 Å². The van der Waals surface area contributed by atoms with E-state index in [4.69, 9.17) is 0 Å². The van der Waals surface area contributed by atoms with E-state index < -0.39 is 5.60 Å². The lowest BCUT2D eigenvalue weighted by molar-refractivity contribution is -0.0221. The molecular weight excluding hydrogens is 210 g/mol. The minimum atomic E-state index is -0.726. The van der Waals surface area contributed by atoms with Crippen LogP contribution in [0.25, 0.3) is 0 Å². The largest absolute Gasteiger partial charge is 0.384 e. The zero-order valence-electron chi connectivity index (χ0n) is 10.8. The van der Waals surface area contributed by atoms with Gasteiger partial charge in [-0.15, -0.1) is 0 Å². The van der Waals surface area contributed by atoms with Gasteiger partial charge in [-0.25, -0.2) is 0 Å². The zero-order chi connectivity index (χ0) is 12.3. The summed E-state index contributed by atoms with van der Waals surface area (Å²) < 4.78 is 0. The van der Waals surface area contributed by atoms with Crippen LogP contribution in [0.4, 0.5) is 0 Å². The highest BCUT2D eigenvalue weighted by Crippen LogP contribution is 2.34. The summed E-state index contributed by atoms with van der Waals surface area (Å²) in [4.78, 5) is 0. The van der Waals surface area contributed by atoms with Crippen molar-refractivity contribution in [2.24, 2.45) is 5.92 Å². The topological polar surface area (TPSA) is 32.3 Å². The molecule has 0 saturated carbocycles. The molecule has 2 nitrogen and oxygen atoms in total. The SMILES string of the molecule is CCC(O)(c1ccccc1)C1CC(C)CCN1. The van der Waals surface area contributed by atoms with Crippen LogP contribution in [0, 0.1) is 5.92 Å². The van der Waals surface area contributed by atoms with Gasteiger partial charge in [0.05, 0.1) is 0 Å². The second kappa shape index (κ2) is 5.19. The van der Waals surface area contributed by atoms with Gasteiger partial charge in [0.2, 0.25) is 0 Å². The number of hydrogen-bond acceptors (Lipinski definition) is 2. The molecule has 0 bridgehead atoms. The molecule has 0 radical (unpaired) electrons. The molecule has 1 aromatic carbocycles. The molecule has 3 atom stereocenters. The Labute approximate surface area is 104 Å². The van der Waals surface area contributed by atoms with Crippen molar-refractivity contribution >= 4 is 0 Å². The van der Waals surface area contributed by atoms with E-state index in [1.807, 2.05) is 30.3 Å². The van der Waals surface area contributed by atoms with E-state index in [1.165, 1.54) is 6.42 Å². The number of hydrogen-bond donors (Lipinski definition) is 2. The molecule has 2 N–H and O–H groups in total. The molecule has 0 aromatic heterocycles. The van der Waals surface area contributed by atoms with Crippen molar-refractivity contribution in [3.8, 4) is 0 Å². The van der Waals surface area contributed by atoms with Crippen molar-refractivity contribution in [1.82, 2.24) is 5.32 Å². The Kier molecular flexibility index (Phi) is 3.85. The Bertz CT molecular complexity index is 351. The molecule has 2 rings (SSSR count). The van der Waals surface area contributed by atoms with Crippen molar-refractivity contribution in [2.45, 2.75) is 44.8 Å². The second-order valence-corrected chi connectivity index (χ2v) is 5.28. The number of aliphatic hydroxyl groups is 1. The Hall–Kier alpha value is -0.860. The molecule has 94 valence electrons. The standard InChI is InChI=1S/C15H23NO/c1-3-15(17,13-7-5-4-6-8-13)14-11-12(2)9-10-16-14/h4-8,12,14,16-17H,3,9-11H2,1-2H3. The van der Waals surface area contributed by atoms with E-state index in [1.54, 1.807) is 0 Å². The van der Waals surface area contributed by atoms with E-state index in [-0.39, 0.29) is 6.04 Å². The van der Waals surface area contributed by atoms with Crippen LogP contribution in [0.2, 0.25) is 0 Å². The summed E-state index contributed by atoms with van der Waals surface area (Å²) in [5.74, 6) is 0.697. The van der Waals surface area contributed by atoms with Gasteiger partial charge in [0, 0.05) is 6.04 Å². The normalized spacial score (nSPS) is 28.6. The number of benzene rings is 1. The summed E-state index contributed by atoms with van der Waals surface area (Å²) in [6.45, 7) is 5.35. The fourth-order valence-electron chi connectivity index (χ4n) is 2.85. The van der Waals surface area contributed by atoms with Crippen LogP contribution in [0.1, 0.15) is 38.7 Å². The second-order valence-electron chi connectivity index (χ2n) is 5.28. The lowest BCUT2D eigenvalue weighted by Crippen LogP contribution is -2.52. The number of piperidine rings is 1. The number of rotatable bonds is 3. The van der Waals surface area contributed by atoms with E-state index in [0.29, 0.717) is 5.92 Å². The average molecular weight is 233 g/mol. The summed E-state index contributed by atoms with van der Waals surface area (Å²) in [6.07, 6.45) is 3.02. The molecule has 0 aliphatic carbocycles. The molecule has 2 heteroatoms. The summed E-state index contributed by atoms with van der Waals surface area (Å²) in [5, 5.41) is 14.5. The molecule has 17 heavy (non-hydrogen) atoms. The highest BCUT2D eigenvalue weighted by Gasteiger charge is 2.38. The van der Waals surface area contributed by atoms with Crippen LogP contribution in [-0.2, 0) is 5.60 Å². The first kappa shape index (κ1) is 12.6. The smallest absolute Gasteiger partial charge is 0.105 e. The summed E-state index contributed by atoms with van der Waals surface area (Å²) >= 11 is 0. The molecular formula is C15H23NO. The monoisotopic (exact) mass is 233 g/mol. The maximum absolute atomic E-state index is 11.0. The predicted molar refractivity (Wildman–Crippen MR) is 70.8 cm³/mol. The van der Waals surface area contributed by atoms with Crippen LogP contribution in [0.5, 0.6) is 0 Å². The predicted octanol–water partition coefficient (Wildman–Crippen LogP) is 2.67. The van der Waals surface area contributed by atoms with Gasteiger partial charge in [0.25, 0.3) is 0 Å². The molecule has 3 unspecified atom stereocenters. The maximum atomic E-state index is 11.0. The lowest BCUT2D eigenvalue weighted by atomic mass is 9.78. The molecule has 0 spiro atoms. The molecule has 1 saturated heterocycles. The Morgan fingerprint density at radius 3 is 2.65 bits per heavy atom. The van der Waals surface area contributed by atoms with E-state index >= 15 is 0 Å². The maximum Gasteiger partial charge on any atom is 0.105 e. The molecule has 0 amide bonds. The minimum absolute atomic E-state index is 0.179. The highest BCUT2D eigenvalue weighted by molar-refractivity contribution is 5.24. The first-order chi connectivity index (χ1) is 8.16. The van der Waals surface area contributed by atoms with Gasteiger partial charge in [0.1, 0.15) is 5.60 Å². The molecule has 1 aromatic rings. The van der Waals surface area contributed by atoms with Crippen molar-refractivity contribution in [3.05, 3.63) is 35.9 Å². The van der Waals surface area contributed by atoms with Gasteiger partial charge in [-0.2, -0.15) is 0 Å². The Balaban J connectivity index is 2.24. The molecule has 1 heterocycles. The van der Waals surface area contributed by atoms with Gasteiger partial charge in [-0.3, -0.25) is 0 Å². The van der Waals surface area contributed by atoms with Gasteiger partial charge >= 0.3 is 0 Å². The minimum Gasteiger partial charge on any atom is -0.384 e. The van der Waals surface area contributed by atoms with E-state index in [0.717, 1.165) is 24.9 Å². The summed E-state index contributed by atoms with van der Waals surface area (Å²) in [5.41, 5.74) is 0.310. The Morgan fingerprint density at radius 1 is 1.35 bits per heavy atom. The molecule has 1 aliphatic heterocycles. The van der Waals surface area contributed by atoms with Crippen molar-refractivity contribution in [2.75, 3.05) is 6.54 Å². The van der Waals surface area contributed by atoms with Crippen molar-refractivity contribution in [1.29, 1.82) is 0 Å². The van der Waals surface area contributed by atoms with Gasteiger partial charge < -0.3 is 10.4 Å². The first-order valence-corrected chi connectivity index (χ1v) is 6.68. The lowest BCUT2D eigenvalue weighted by Gasteiger charge is -2.41.